The van der Waals surface area contributed by atoms with E-state index in [-0.39, 0.29) is 30.1 Å². The molecule has 0 saturated heterocycles. The fourth-order valence-electron chi connectivity index (χ4n) is 2.72. The highest BCUT2D eigenvalue weighted by Crippen LogP contribution is 2.28. The fraction of sp³-hybridized carbons (Fsp3) is 0.381. The molecule has 0 aliphatic heterocycles. The average molecular weight is 455 g/mol. The van der Waals surface area contributed by atoms with Crippen LogP contribution in [0.15, 0.2) is 42.5 Å². The van der Waals surface area contributed by atoms with Crippen molar-refractivity contribution in [1.29, 1.82) is 0 Å². The minimum absolute atomic E-state index is 0.116. The number of para-hydroxylation sites is 2. The number of methoxy groups -OCH3 is 1. The molecule has 0 spiro atoms. The minimum atomic E-state index is -3.73. The number of carbonyl (C=O) groups excluding carboxylic acids is 1. The number of urea groups is 1. The summed E-state index contributed by atoms with van der Waals surface area (Å²) in [5, 5.41) is 3.28. The van der Waals surface area contributed by atoms with Crippen molar-refractivity contribution in [3.8, 4) is 11.5 Å². The van der Waals surface area contributed by atoms with Gasteiger partial charge in [0, 0.05) is 16.6 Å². The molecule has 0 heterocycles. The molecule has 2 amide bonds. The first-order valence-corrected chi connectivity index (χ1v) is 11.6. The maximum Gasteiger partial charge on any atom is 0.322 e. The van der Waals surface area contributed by atoms with Crippen molar-refractivity contribution in [2.45, 2.75) is 39.8 Å². The Morgan fingerprint density at radius 2 is 1.87 bits per heavy atom. The molecule has 7 nitrogen and oxygen atoms in total. The van der Waals surface area contributed by atoms with E-state index in [1.165, 1.54) is 20.1 Å². The molecule has 1 atom stereocenters. The Balaban J connectivity index is 2.35. The fourth-order valence-corrected chi connectivity index (χ4v) is 3.46. The van der Waals surface area contributed by atoms with Crippen LogP contribution in [0.1, 0.15) is 32.8 Å². The Bertz CT molecular complexity index is 981. The molecular formula is C21H27ClN2O5S. The SMILES string of the molecule is CC[C@H](C)N(Cc1cc(Cl)ccc1OS(=O)(=O)CC)C(=O)Nc1ccccc1OC. The summed E-state index contributed by atoms with van der Waals surface area (Å²) < 4.78 is 34.4. The van der Waals surface area contributed by atoms with E-state index >= 15 is 0 Å². The number of hydrogen-bond donors (Lipinski definition) is 1. The third-order valence-electron chi connectivity index (χ3n) is 4.67. The zero-order valence-electron chi connectivity index (χ0n) is 17.5. The molecule has 30 heavy (non-hydrogen) atoms. The van der Waals surface area contributed by atoms with Crippen molar-refractivity contribution in [2.24, 2.45) is 0 Å². The zero-order valence-corrected chi connectivity index (χ0v) is 19.1. The van der Waals surface area contributed by atoms with Crippen molar-refractivity contribution in [3.63, 3.8) is 0 Å². The first kappa shape index (κ1) is 23.8. The molecule has 0 bridgehead atoms. The summed E-state index contributed by atoms with van der Waals surface area (Å²) in [6.45, 7) is 5.49. The molecule has 0 saturated carbocycles. The molecule has 0 aromatic heterocycles. The monoisotopic (exact) mass is 454 g/mol. The van der Waals surface area contributed by atoms with E-state index < -0.39 is 10.1 Å². The first-order valence-electron chi connectivity index (χ1n) is 9.62. The van der Waals surface area contributed by atoms with Gasteiger partial charge in [0.25, 0.3) is 0 Å². The highest BCUT2D eigenvalue weighted by atomic mass is 35.5. The predicted octanol–water partition coefficient (Wildman–Crippen LogP) is 4.91. The van der Waals surface area contributed by atoms with Crippen LogP contribution in [0.3, 0.4) is 0 Å². The lowest BCUT2D eigenvalue weighted by Gasteiger charge is -2.29. The number of hydrogen-bond acceptors (Lipinski definition) is 5. The van der Waals surface area contributed by atoms with Gasteiger partial charge in [-0.2, -0.15) is 8.42 Å². The summed E-state index contributed by atoms with van der Waals surface area (Å²) in [5.41, 5.74) is 1.03. The van der Waals surface area contributed by atoms with Crippen LogP contribution in [0.25, 0.3) is 0 Å². The van der Waals surface area contributed by atoms with Gasteiger partial charge in [-0.3, -0.25) is 0 Å². The van der Waals surface area contributed by atoms with E-state index in [0.717, 1.165) is 0 Å². The smallest absolute Gasteiger partial charge is 0.322 e. The summed E-state index contributed by atoms with van der Waals surface area (Å²) in [5.74, 6) is 0.522. The number of ether oxygens (including phenoxy) is 1. The van der Waals surface area contributed by atoms with E-state index in [0.29, 0.717) is 28.4 Å². The summed E-state index contributed by atoms with van der Waals surface area (Å²) in [6.07, 6.45) is 0.698. The van der Waals surface area contributed by atoms with Gasteiger partial charge in [-0.15, -0.1) is 0 Å². The Hall–Kier alpha value is -2.45. The van der Waals surface area contributed by atoms with Gasteiger partial charge < -0.3 is 19.1 Å². The minimum Gasteiger partial charge on any atom is -0.495 e. The maximum absolute atomic E-state index is 13.1. The Labute approximate surface area is 183 Å². The van der Waals surface area contributed by atoms with Crippen LogP contribution in [0, 0.1) is 0 Å². The number of halogens is 1. The van der Waals surface area contributed by atoms with Gasteiger partial charge in [-0.1, -0.05) is 30.7 Å². The molecule has 0 radical (unpaired) electrons. The number of rotatable bonds is 9. The van der Waals surface area contributed by atoms with Crippen LogP contribution in [0.5, 0.6) is 11.5 Å². The topological polar surface area (TPSA) is 84.9 Å². The Morgan fingerprint density at radius 3 is 2.50 bits per heavy atom. The van der Waals surface area contributed by atoms with E-state index in [4.69, 9.17) is 20.5 Å². The van der Waals surface area contributed by atoms with E-state index in [9.17, 15) is 13.2 Å². The van der Waals surface area contributed by atoms with Crippen molar-refractivity contribution in [2.75, 3.05) is 18.2 Å². The molecule has 2 aromatic carbocycles. The predicted molar refractivity (Wildman–Crippen MR) is 119 cm³/mol. The van der Waals surface area contributed by atoms with Crippen LogP contribution in [-0.4, -0.2) is 38.3 Å². The van der Waals surface area contributed by atoms with Gasteiger partial charge in [0.05, 0.1) is 25.1 Å². The second-order valence-corrected chi connectivity index (χ2v) is 8.99. The Morgan fingerprint density at radius 1 is 1.17 bits per heavy atom. The lowest BCUT2D eigenvalue weighted by molar-refractivity contribution is 0.186. The molecular weight excluding hydrogens is 428 g/mol. The lowest BCUT2D eigenvalue weighted by Crippen LogP contribution is -2.40. The van der Waals surface area contributed by atoms with E-state index in [1.807, 2.05) is 19.9 Å². The van der Waals surface area contributed by atoms with Crippen molar-refractivity contribution in [1.82, 2.24) is 4.90 Å². The van der Waals surface area contributed by atoms with Gasteiger partial charge >= 0.3 is 16.1 Å². The summed E-state index contributed by atoms with van der Waals surface area (Å²) in [7, 11) is -2.20. The normalized spacial score (nSPS) is 12.2. The quantitative estimate of drug-likeness (QED) is 0.544. The lowest BCUT2D eigenvalue weighted by atomic mass is 10.1. The molecule has 2 rings (SSSR count). The van der Waals surface area contributed by atoms with Crippen molar-refractivity contribution in [3.05, 3.63) is 53.1 Å². The molecule has 0 fully saturated rings. The second-order valence-electron chi connectivity index (χ2n) is 6.70. The highest BCUT2D eigenvalue weighted by molar-refractivity contribution is 7.87. The summed E-state index contributed by atoms with van der Waals surface area (Å²) in [4.78, 5) is 14.7. The zero-order chi connectivity index (χ0) is 22.3. The average Bonchev–Trinajstić information content (AvgIpc) is 2.73. The van der Waals surface area contributed by atoms with Crippen LogP contribution in [-0.2, 0) is 16.7 Å². The first-order chi connectivity index (χ1) is 14.2. The van der Waals surface area contributed by atoms with Crippen LogP contribution >= 0.6 is 11.6 Å². The third-order valence-corrected chi connectivity index (χ3v) is 6.04. The number of amides is 2. The largest absolute Gasteiger partial charge is 0.495 e. The molecule has 0 unspecified atom stereocenters. The van der Waals surface area contributed by atoms with Gasteiger partial charge in [-0.05, 0) is 50.6 Å². The van der Waals surface area contributed by atoms with Crippen LogP contribution in [0.2, 0.25) is 5.02 Å². The standard InChI is InChI=1S/C21H27ClN2O5S/c1-5-15(3)24(21(25)23-18-9-7-8-10-20(18)28-4)14-16-13-17(22)11-12-19(16)29-30(26,27)6-2/h7-13,15H,5-6,14H2,1-4H3,(H,23,25)/t15-/m0/s1. The number of nitrogens with one attached hydrogen (secondary N) is 1. The molecule has 1 N–H and O–H groups in total. The molecule has 0 aliphatic carbocycles. The van der Waals surface area contributed by atoms with Crippen molar-refractivity contribution < 1.29 is 22.1 Å². The number of nitrogens with zero attached hydrogens (tertiary/aromatic N) is 1. The molecule has 164 valence electrons. The molecule has 0 aliphatic rings. The Kier molecular flexibility index (Phi) is 8.37. The molecule has 9 heteroatoms. The highest BCUT2D eigenvalue weighted by Gasteiger charge is 2.23. The van der Waals surface area contributed by atoms with Gasteiger partial charge in [0.1, 0.15) is 11.5 Å². The van der Waals surface area contributed by atoms with Crippen molar-refractivity contribution >= 4 is 33.4 Å². The third kappa shape index (κ3) is 6.27. The van der Waals surface area contributed by atoms with Gasteiger partial charge in [0.2, 0.25) is 0 Å². The van der Waals surface area contributed by atoms with E-state index in [1.54, 1.807) is 35.2 Å². The summed E-state index contributed by atoms with van der Waals surface area (Å²) in [6, 6.07) is 11.3. The summed E-state index contributed by atoms with van der Waals surface area (Å²) >= 11 is 6.13. The maximum atomic E-state index is 13.1. The number of anilines is 1. The van der Waals surface area contributed by atoms with Gasteiger partial charge in [-0.25, -0.2) is 4.79 Å². The van der Waals surface area contributed by atoms with E-state index in [2.05, 4.69) is 5.32 Å². The van der Waals surface area contributed by atoms with Crippen LogP contribution in [0.4, 0.5) is 10.5 Å². The number of carbonyl (C=O) groups is 1. The molecule has 2 aromatic rings. The number of benzene rings is 2. The second kappa shape index (κ2) is 10.5. The van der Waals surface area contributed by atoms with Gasteiger partial charge in [0.15, 0.2) is 0 Å². The van der Waals surface area contributed by atoms with Crippen LogP contribution < -0.4 is 14.2 Å².